The number of aryl methyl sites for hydroxylation is 1. The average Bonchev–Trinajstić information content (AvgIpc) is 3.32. The van der Waals surface area contributed by atoms with Gasteiger partial charge in [-0.3, -0.25) is 0 Å². The van der Waals surface area contributed by atoms with Gasteiger partial charge >= 0.3 is 0 Å². The molecule has 6 nitrogen and oxygen atoms in total. The van der Waals surface area contributed by atoms with Crippen molar-refractivity contribution < 1.29 is 5.11 Å². The molecule has 0 spiro atoms. The summed E-state index contributed by atoms with van der Waals surface area (Å²) in [5.41, 5.74) is 2.12. The predicted molar refractivity (Wildman–Crippen MR) is 134 cm³/mol. The number of hydrogen-bond acceptors (Lipinski definition) is 7. The van der Waals surface area contributed by atoms with E-state index in [1.54, 1.807) is 11.3 Å². The van der Waals surface area contributed by atoms with Gasteiger partial charge < -0.3 is 15.3 Å². The summed E-state index contributed by atoms with van der Waals surface area (Å²) in [6.45, 7) is 5.36. The van der Waals surface area contributed by atoms with Gasteiger partial charge in [-0.05, 0) is 81.2 Å². The van der Waals surface area contributed by atoms with E-state index in [1.165, 1.54) is 42.8 Å². The molecule has 3 aromatic heterocycles. The molecule has 0 aromatic carbocycles. The molecule has 2 aliphatic rings. The number of aliphatic hydroxyl groups excluding tert-OH is 1. The van der Waals surface area contributed by atoms with E-state index in [9.17, 15) is 5.11 Å². The SMILES string of the molecule is Cc1ccnc(Nc2cccc(-c3cnc(C4CCC(CN5CCC(O)CC5)CC4)s3)n2)c1. The van der Waals surface area contributed by atoms with Gasteiger partial charge in [0.1, 0.15) is 11.6 Å². The Bertz CT molecular complexity index is 1050. The summed E-state index contributed by atoms with van der Waals surface area (Å²) in [4.78, 5) is 17.7. The van der Waals surface area contributed by atoms with Crippen LogP contribution in [0.4, 0.5) is 11.6 Å². The number of thiazole rings is 1. The summed E-state index contributed by atoms with van der Waals surface area (Å²) in [7, 11) is 0. The summed E-state index contributed by atoms with van der Waals surface area (Å²) in [5, 5.41) is 14.3. The summed E-state index contributed by atoms with van der Waals surface area (Å²) in [5.74, 6) is 2.96. The molecule has 0 amide bonds. The maximum Gasteiger partial charge on any atom is 0.132 e. The minimum atomic E-state index is -0.0822. The van der Waals surface area contributed by atoms with Crippen molar-refractivity contribution in [2.45, 2.75) is 57.5 Å². The summed E-state index contributed by atoms with van der Waals surface area (Å²) >= 11 is 1.79. The molecular formula is C26H33N5OS. The van der Waals surface area contributed by atoms with Crippen LogP contribution >= 0.6 is 11.3 Å². The first kappa shape index (κ1) is 22.4. The highest BCUT2D eigenvalue weighted by molar-refractivity contribution is 7.15. The highest BCUT2D eigenvalue weighted by atomic mass is 32.1. The van der Waals surface area contributed by atoms with Crippen molar-refractivity contribution in [3.05, 3.63) is 53.3 Å². The van der Waals surface area contributed by atoms with Crippen LogP contribution in [0.2, 0.25) is 0 Å². The summed E-state index contributed by atoms with van der Waals surface area (Å²) in [6.07, 6.45) is 10.6. The molecule has 33 heavy (non-hydrogen) atoms. The molecule has 5 rings (SSSR count). The zero-order valence-corrected chi connectivity index (χ0v) is 20.1. The van der Waals surface area contributed by atoms with Gasteiger partial charge in [0.05, 0.1) is 21.7 Å². The highest BCUT2D eigenvalue weighted by Gasteiger charge is 2.27. The van der Waals surface area contributed by atoms with Gasteiger partial charge in [0.2, 0.25) is 0 Å². The Kier molecular flexibility index (Phi) is 6.99. The van der Waals surface area contributed by atoms with Crippen molar-refractivity contribution in [3.63, 3.8) is 0 Å². The minimum Gasteiger partial charge on any atom is -0.393 e. The number of likely N-dealkylation sites (tertiary alicyclic amines) is 1. The quantitative estimate of drug-likeness (QED) is 0.511. The van der Waals surface area contributed by atoms with Crippen LogP contribution in [0.15, 0.2) is 42.7 Å². The molecule has 7 heteroatoms. The molecule has 4 heterocycles. The summed E-state index contributed by atoms with van der Waals surface area (Å²) in [6, 6.07) is 10.1. The van der Waals surface area contributed by atoms with E-state index in [-0.39, 0.29) is 6.10 Å². The fraction of sp³-hybridized carbons (Fsp3) is 0.500. The molecule has 1 aliphatic heterocycles. The highest BCUT2D eigenvalue weighted by Crippen LogP contribution is 2.39. The molecule has 0 bridgehead atoms. The first-order valence-electron chi connectivity index (χ1n) is 12.2. The van der Waals surface area contributed by atoms with Gasteiger partial charge in [-0.15, -0.1) is 11.3 Å². The van der Waals surface area contributed by atoms with Crippen LogP contribution in [-0.2, 0) is 0 Å². The van der Waals surface area contributed by atoms with Crippen molar-refractivity contribution in [2.75, 3.05) is 25.0 Å². The molecule has 0 atom stereocenters. The number of rotatable bonds is 6. The number of aliphatic hydroxyl groups is 1. The minimum absolute atomic E-state index is 0.0822. The van der Waals surface area contributed by atoms with E-state index in [0.717, 1.165) is 54.1 Å². The van der Waals surface area contributed by atoms with Crippen molar-refractivity contribution >= 4 is 23.0 Å². The third-order valence-electron chi connectivity index (χ3n) is 6.97. The standard InChI is InChI=1S/C26H33N5OS/c1-18-9-12-27-25(15-18)30-24-4-2-3-22(29-24)23-16-28-26(33-23)20-7-5-19(6-8-20)17-31-13-10-21(32)11-14-31/h2-4,9,12,15-16,19-21,32H,5-8,10-11,13-14,17H2,1H3,(H,27,29,30). The smallest absolute Gasteiger partial charge is 0.132 e. The average molecular weight is 464 g/mol. The van der Waals surface area contributed by atoms with Crippen LogP contribution in [0, 0.1) is 12.8 Å². The van der Waals surface area contributed by atoms with E-state index in [2.05, 4.69) is 28.2 Å². The summed E-state index contributed by atoms with van der Waals surface area (Å²) < 4.78 is 0. The molecule has 0 unspecified atom stereocenters. The lowest BCUT2D eigenvalue weighted by Gasteiger charge is -2.35. The Morgan fingerprint density at radius 3 is 2.64 bits per heavy atom. The van der Waals surface area contributed by atoms with Gasteiger partial charge in [-0.25, -0.2) is 15.0 Å². The fourth-order valence-corrected chi connectivity index (χ4v) is 6.09. The number of nitrogens with zero attached hydrogens (tertiary/aromatic N) is 4. The van der Waals surface area contributed by atoms with E-state index < -0.39 is 0 Å². The van der Waals surface area contributed by atoms with E-state index >= 15 is 0 Å². The Morgan fingerprint density at radius 1 is 1.03 bits per heavy atom. The van der Waals surface area contributed by atoms with Crippen LogP contribution in [0.5, 0.6) is 0 Å². The van der Waals surface area contributed by atoms with Crippen molar-refractivity contribution in [3.8, 4) is 10.6 Å². The van der Waals surface area contributed by atoms with Crippen molar-refractivity contribution in [1.82, 2.24) is 19.9 Å². The maximum absolute atomic E-state index is 9.73. The zero-order chi connectivity index (χ0) is 22.6. The Hall–Kier alpha value is -2.35. The number of pyridine rings is 2. The number of hydrogen-bond donors (Lipinski definition) is 2. The molecule has 3 aromatic rings. The monoisotopic (exact) mass is 463 g/mol. The van der Waals surface area contributed by atoms with Crippen LogP contribution in [0.25, 0.3) is 10.6 Å². The Morgan fingerprint density at radius 2 is 1.85 bits per heavy atom. The van der Waals surface area contributed by atoms with Crippen LogP contribution < -0.4 is 5.32 Å². The lowest BCUT2D eigenvalue weighted by Crippen LogP contribution is -2.39. The second-order valence-electron chi connectivity index (χ2n) is 9.56. The molecule has 0 radical (unpaired) electrons. The maximum atomic E-state index is 9.73. The molecule has 2 fully saturated rings. The third kappa shape index (κ3) is 5.78. The second-order valence-corrected chi connectivity index (χ2v) is 10.6. The van der Waals surface area contributed by atoms with Gasteiger partial charge in [0.25, 0.3) is 0 Å². The Balaban J connectivity index is 1.18. The van der Waals surface area contributed by atoms with E-state index in [4.69, 9.17) is 9.97 Å². The molecule has 1 saturated carbocycles. The number of piperidine rings is 1. The van der Waals surface area contributed by atoms with Crippen molar-refractivity contribution in [1.29, 1.82) is 0 Å². The molecule has 1 saturated heterocycles. The van der Waals surface area contributed by atoms with Gasteiger partial charge in [-0.1, -0.05) is 6.07 Å². The second kappa shape index (κ2) is 10.3. The molecule has 2 N–H and O–H groups in total. The van der Waals surface area contributed by atoms with Crippen molar-refractivity contribution in [2.24, 2.45) is 5.92 Å². The predicted octanol–water partition coefficient (Wildman–Crippen LogP) is 5.38. The first-order valence-corrected chi connectivity index (χ1v) is 13.0. The van der Waals surface area contributed by atoms with Crippen LogP contribution in [-0.4, -0.2) is 50.7 Å². The van der Waals surface area contributed by atoms with Crippen LogP contribution in [0.1, 0.15) is 55.0 Å². The fourth-order valence-electron chi connectivity index (χ4n) is 5.03. The van der Waals surface area contributed by atoms with E-state index in [1.807, 2.05) is 36.7 Å². The first-order chi connectivity index (χ1) is 16.1. The molecule has 174 valence electrons. The topological polar surface area (TPSA) is 74.2 Å². The third-order valence-corrected chi connectivity index (χ3v) is 8.15. The number of nitrogens with one attached hydrogen (secondary N) is 1. The zero-order valence-electron chi connectivity index (χ0n) is 19.3. The lowest BCUT2D eigenvalue weighted by atomic mass is 9.82. The van der Waals surface area contributed by atoms with Crippen LogP contribution in [0.3, 0.4) is 0 Å². The largest absolute Gasteiger partial charge is 0.393 e. The van der Waals surface area contributed by atoms with Gasteiger partial charge in [-0.2, -0.15) is 0 Å². The van der Waals surface area contributed by atoms with Gasteiger partial charge in [0, 0.05) is 37.9 Å². The molecular weight excluding hydrogens is 430 g/mol. The number of anilines is 2. The van der Waals surface area contributed by atoms with E-state index in [0.29, 0.717) is 5.92 Å². The molecule has 1 aliphatic carbocycles. The normalized spacial score (nSPS) is 22.4. The van der Waals surface area contributed by atoms with Gasteiger partial charge in [0.15, 0.2) is 0 Å². The number of aromatic nitrogens is 3. The Labute approximate surface area is 200 Å². The lowest BCUT2D eigenvalue weighted by molar-refractivity contribution is 0.0702.